The Kier molecular flexibility index (Phi) is 6.18. The van der Waals surface area contributed by atoms with Gasteiger partial charge in [-0.2, -0.15) is 0 Å². The molecule has 2 heterocycles. The minimum absolute atomic E-state index is 1.04. The largest absolute Gasteiger partial charge is 0.309 e. The van der Waals surface area contributed by atoms with Crippen LogP contribution in [-0.4, -0.2) is 17.6 Å². The summed E-state index contributed by atoms with van der Waals surface area (Å²) in [7, 11) is -2.61. The summed E-state index contributed by atoms with van der Waals surface area (Å²) in [5.74, 6) is 0. The fourth-order valence-electron chi connectivity index (χ4n) is 7.68. The van der Waals surface area contributed by atoms with Crippen LogP contribution >= 0.6 is 0 Å². The van der Waals surface area contributed by atoms with Crippen LogP contribution in [-0.2, 0) is 0 Å². The van der Waals surface area contributed by atoms with Crippen LogP contribution in [0.5, 0.6) is 0 Å². The summed E-state index contributed by atoms with van der Waals surface area (Å²) in [6.45, 7) is 0. The van der Waals surface area contributed by atoms with E-state index >= 15 is 0 Å². The van der Waals surface area contributed by atoms with Crippen molar-refractivity contribution >= 4 is 72.3 Å². The molecule has 0 N–H and O–H groups in total. The minimum Gasteiger partial charge on any atom is -0.309 e. The first kappa shape index (κ1) is 26.6. The molecular weight excluding hydrogens is 573 g/mol. The average Bonchev–Trinajstić information content (AvgIpc) is 3.50. The van der Waals surface area contributed by atoms with E-state index in [-0.39, 0.29) is 0 Å². The maximum Gasteiger partial charge on any atom is 0.179 e. The van der Waals surface area contributed by atoms with Crippen molar-refractivity contribution in [2.75, 3.05) is 0 Å². The van der Waals surface area contributed by atoms with Crippen molar-refractivity contribution in [1.82, 2.24) is 9.55 Å². The molecule has 9 rings (SSSR count). The van der Waals surface area contributed by atoms with Crippen LogP contribution in [0, 0.1) is 0 Å². The number of para-hydroxylation sites is 1. The molecule has 0 aliphatic heterocycles. The van der Waals surface area contributed by atoms with E-state index in [9.17, 15) is 0 Å². The lowest BCUT2D eigenvalue weighted by Crippen LogP contribution is -2.74. The number of hydrogen-bond donors (Lipinski definition) is 0. The molecule has 0 amide bonds. The molecule has 0 unspecified atom stereocenters. The SMILES string of the molecule is c1ccc([Si](c2ccccc2)(c2ccccc2)c2ccc(-n3c4ccccc4c4c5ccccc5c5ncccc5c43)cc2)cc1. The van der Waals surface area contributed by atoms with Gasteiger partial charge >= 0.3 is 0 Å². The average molecular weight is 603 g/mol. The van der Waals surface area contributed by atoms with Gasteiger partial charge in [0, 0.05) is 33.4 Å². The van der Waals surface area contributed by atoms with Crippen molar-refractivity contribution in [3.05, 3.63) is 182 Å². The number of nitrogens with zero attached hydrogens (tertiary/aromatic N) is 2. The number of rotatable bonds is 5. The molecule has 0 bridgehead atoms. The van der Waals surface area contributed by atoms with Crippen LogP contribution < -0.4 is 20.7 Å². The molecule has 216 valence electrons. The molecule has 0 radical (unpaired) electrons. The zero-order chi connectivity index (χ0) is 30.5. The highest BCUT2D eigenvalue weighted by atomic mass is 28.3. The van der Waals surface area contributed by atoms with Crippen LogP contribution in [0.25, 0.3) is 49.2 Å². The highest BCUT2D eigenvalue weighted by Gasteiger charge is 2.41. The van der Waals surface area contributed by atoms with E-state index in [2.05, 4.69) is 180 Å². The Morgan fingerprint density at radius 3 is 1.48 bits per heavy atom. The summed E-state index contributed by atoms with van der Waals surface area (Å²) in [4.78, 5) is 4.90. The normalized spacial score (nSPS) is 11.9. The van der Waals surface area contributed by atoms with Crippen molar-refractivity contribution < 1.29 is 0 Å². The van der Waals surface area contributed by atoms with Gasteiger partial charge in [0.25, 0.3) is 0 Å². The van der Waals surface area contributed by atoms with E-state index in [4.69, 9.17) is 4.98 Å². The van der Waals surface area contributed by atoms with Crippen LogP contribution in [0.3, 0.4) is 0 Å². The first-order valence-electron chi connectivity index (χ1n) is 15.8. The Morgan fingerprint density at radius 1 is 0.391 bits per heavy atom. The molecule has 0 fully saturated rings. The van der Waals surface area contributed by atoms with Crippen molar-refractivity contribution in [1.29, 1.82) is 0 Å². The number of hydrogen-bond acceptors (Lipinski definition) is 1. The van der Waals surface area contributed by atoms with Crippen molar-refractivity contribution in [3.8, 4) is 5.69 Å². The molecule has 0 spiro atoms. The zero-order valence-electron chi connectivity index (χ0n) is 25.2. The van der Waals surface area contributed by atoms with Gasteiger partial charge in [0.1, 0.15) is 0 Å². The van der Waals surface area contributed by atoms with E-state index in [1.54, 1.807) is 0 Å². The molecule has 46 heavy (non-hydrogen) atoms. The van der Waals surface area contributed by atoms with Crippen LogP contribution in [0.2, 0.25) is 0 Å². The Balaban J connectivity index is 1.36. The van der Waals surface area contributed by atoms with Crippen LogP contribution in [0.15, 0.2) is 182 Å². The van der Waals surface area contributed by atoms with E-state index in [1.807, 2.05) is 6.20 Å². The van der Waals surface area contributed by atoms with Gasteiger partial charge < -0.3 is 4.57 Å². The van der Waals surface area contributed by atoms with Gasteiger partial charge in [-0.15, -0.1) is 0 Å². The number of benzene rings is 7. The highest BCUT2D eigenvalue weighted by molar-refractivity contribution is 7.19. The quantitative estimate of drug-likeness (QED) is 0.111. The molecule has 2 nitrogen and oxygen atoms in total. The monoisotopic (exact) mass is 602 g/mol. The first-order valence-corrected chi connectivity index (χ1v) is 17.8. The Morgan fingerprint density at radius 2 is 0.870 bits per heavy atom. The van der Waals surface area contributed by atoms with Crippen molar-refractivity contribution in [2.24, 2.45) is 0 Å². The standard InChI is InChI=1S/C43H30N2Si/c1-4-15-32(16-5-1)46(33-17-6-2-7-18-33,34-19-8-3-9-20-34)35-28-26-31(27-29-35)45-40-25-13-12-23-38(40)41-36-21-10-11-22-37(36)42-39(43(41)45)24-14-30-44-42/h1-30H. The third-order valence-corrected chi connectivity index (χ3v) is 14.4. The summed E-state index contributed by atoms with van der Waals surface area (Å²) >= 11 is 0. The van der Waals surface area contributed by atoms with Gasteiger partial charge in [-0.05, 0) is 56.5 Å². The summed E-state index contributed by atoms with van der Waals surface area (Å²) in [5, 5.41) is 11.6. The first-order chi connectivity index (χ1) is 22.9. The Hall–Kier alpha value is -5.77. The predicted molar refractivity (Wildman–Crippen MR) is 197 cm³/mol. The summed E-state index contributed by atoms with van der Waals surface area (Å²) in [6, 6.07) is 64.5. The predicted octanol–water partition coefficient (Wildman–Crippen LogP) is 7.86. The Labute approximate surface area is 268 Å². The molecule has 0 saturated carbocycles. The van der Waals surface area contributed by atoms with Gasteiger partial charge in [-0.25, -0.2) is 0 Å². The molecule has 3 heteroatoms. The second kappa shape index (κ2) is 10.7. The molecule has 0 atom stereocenters. The van der Waals surface area contributed by atoms with E-state index in [0.29, 0.717) is 0 Å². The molecule has 9 aromatic rings. The highest BCUT2D eigenvalue weighted by Crippen LogP contribution is 2.41. The van der Waals surface area contributed by atoms with Crippen LogP contribution in [0.1, 0.15) is 0 Å². The van der Waals surface area contributed by atoms with Gasteiger partial charge in [-0.3, -0.25) is 4.98 Å². The molecule has 0 aliphatic rings. The zero-order valence-corrected chi connectivity index (χ0v) is 26.2. The van der Waals surface area contributed by atoms with E-state index in [0.717, 1.165) is 16.6 Å². The lowest BCUT2D eigenvalue weighted by atomic mass is 10.00. The van der Waals surface area contributed by atoms with E-state index < -0.39 is 8.07 Å². The number of pyridine rings is 1. The van der Waals surface area contributed by atoms with E-state index in [1.165, 1.54) is 53.3 Å². The van der Waals surface area contributed by atoms with Gasteiger partial charge in [-0.1, -0.05) is 146 Å². The molecule has 0 aliphatic carbocycles. The molecule has 0 saturated heterocycles. The minimum atomic E-state index is -2.61. The van der Waals surface area contributed by atoms with Crippen molar-refractivity contribution in [3.63, 3.8) is 0 Å². The molecule has 2 aromatic heterocycles. The second-order valence-electron chi connectivity index (χ2n) is 11.9. The van der Waals surface area contributed by atoms with Gasteiger partial charge in [0.15, 0.2) is 8.07 Å². The van der Waals surface area contributed by atoms with Crippen LogP contribution in [0.4, 0.5) is 0 Å². The Bertz CT molecular complexity index is 2410. The van der Waals surface area contributed by atoms with Gasteiger partial charge in [0.05, 0.1) is 16.6 Å². The molecular formula is C43H30N2Si. The summed E-state index contributed by atoms with van der Waals surface area (Å²) in [6.07, 6.45) is 1.91. The number of aromatic nitrogens is 2. The van der Waals surface area contributed by atoms with Crippen molar-refractivity contribution in [2.45, 2.75) is 0 Å². The third-order valence-electron chi connectivity index (χ3n) is 9.57. The van der Waals surface area contributed by atoms with Gasteiger partial charge in [0.2, 0.25) is 0 Å². The lowest BCUT2D eigenvalue weighted by Gasteiger charge is -2.34. The summed E-state index contributed by atoms with van der Waals surface area (Å²) < 4.78 is 2.45. The molecule has 7 aromatic carbocycles. The smallest absolute Gasteiger partial charge is 0.179 e. The fraction of sp³-hybridized carbons (Fsp3) is 0. The summed E-state index contributed by atoms with van der Waals surface area (Å²) in [5.41, 5.74) is 4.58. The maximum absolute atomic E-state index is 4.90. The topological polar surface area (TPSA) is 17.8 Å². The second-order valence-corrected chi connectivity index (χ2v) is 15.7. The third kappa shape index (κ3) is 3.86. The lowest BCUT2D eigenvalue weighted by molar-refractivity contribution is 1.19. The number of fused-ring (bicyclic) bond motifs is 8. The fourth-order valence-corrected chi connectivity index (χ4v) is 12.4. The maximum atomic E-state index is 4.90.